The summed E-state index contributed by atoms with van der Waals surface area (Å²) in [5.41, 5.74) is 7.33. The summed E-state index contributed by atoms with van der Waals surface area (Å²) < 4.78 is 18.7. The lowest BCUT2D eigenvalue weighted by Crippen LogP contribution is -2.60. The number of nitrogens with one attached hydrogen (secondary N) is 5. The first-order valence-electron chi connectivity index (χ1n) is 19.5. The number of Topliss-reactive ketones (excluding diaryl/α,β-unsaturated/α-hetero) is 2. The Morgan fingerprint density at radius 2 is 1.38 bits per heavy atom. The highest BCUT2D eigenvalue weighted by molar-refractivity contribution is 5.91. The second-order valence-corrected chi connectivity index (χ2v) is 14.1. The van der Waals surface area contributed by atoms with E-state index in [4.69, 9.17) is 19.9 Å². The van der Waals surface area contributed by atoms with Crippen molar-refractivity contribution in [2.45, 2.75) is 131 Å². The monoisotopic (exact) mass is 759 g/mol. The van der Waals surface area contributed by atoms with Crippen LogP contribution in [0.4, 0.5) is 4.79 Å². The number of hydrogen-bond acceptors (Lipinski definition) is 10. The molecule has 15 heteroatoms. The Morgan fingerprint density at radius 3 is 1.94 bits per heavy atom. The number of carbonyl (C=O) groups is 5. The molecule has 0 aromatic rings. The van der Waals surface area contributed by atoms with Crippen LogP contribution in [0.25, 0.3) is 0 Å². The maximum Gasteiger partial charge on any atom is 0.312 e. The van der Waals surface area contributed by atoms with Crippen LogP contribution in [0.1, 0.15) is 114 Å². The van der Waals surface area contributed by atoms with Crippen molar-refractivity contribution in [3.05, 3.63) is 0 Å². The first-order valence-corrected chi connectivity index (χ1v) is 19.5. The predicted octanol–water partition coefficient (Wildman–Crippen LogP) is 2.88. The van der Waals surface area contributed by atoms with Crippen LogP contribution in [-0.2, 0) is 33.4 Å². The van der Waals surface area contributed by atoms with Gasteiger partial charge in [0.25, 0.3) is 0 Å². The fraction of sp³-hybridized carbons (Fsp3) is 0.842. The molecule has 2 atom stereocenters. The number of rotatable bonds is 32. The van der Waals surface area contributed by atoms with Crippen LogP contribution in [0.15, 0.2) is 0 Å². The summed E-state index contributed by atoms with van der Waals surface area (Å²) in [6.07, 6.45) is 7.77. The van der Waals surface area contributed by atoms with Gasteiger partial charge in [-0.05, 0) is 58.3 Å². The number of primary amides is 1. The largest absolute Gasteiger partial charge is 0.379 e. The molecule has 15 nitrogen and oxygen atoms in total. The highest BCUT2D eigenvalue weighted by Crippen LogP contribution is 2.14. The number of hydrogen-bond donors (Lipinski definition) is 6. The highest BCUT2D eigenvalue weighted by Gasteiger charge is 2.35. The predicted molar refractivity (Wildman–Crippen MR) is 210 cm³/mol. The van der Waals surface area contributed by atoms with Gasteiger partial charge in [-0.3, -0.25) is 24.5 Å². The van der Waals surface area contributed by atoms with E-state index in [1.807, 2.05) is 53.3 Å². The minimum Gasteiger partial charge on any atom is -0.379 e. The summed E-state index contributed by atoms with van der Waals surface area (Å²) in [6, 6.07) is -2.06. The fourth-order valence-corrected chi connectivity index (χ4v) is 4.94. The zero-order valence-electron chi connectivity index (χ0n) is 34.7. The number of nitrogens with zero attached hydrogens (tertiary/aromatic N) is 1. The van der Waals surface area contributed by atoms with E-state index >= 15 is 0 Å². The summed E-state index contributed by atoms with van der Waals surface area (Å²) >= 11 is 0. The number of urea groups is 1. The molecule has 53 heavy (non-hydrogen) atoms. The summed E-state index contributed by atoms with van der Waals surface area (Å²) in [5.74, 6) is -0.296. The number of ether oxygens (including phenoxy) is 3. The normalized spacial score (nSPS) is 12.8. The van der Waals surface area contributed by atoms with Gasteiger partial charge in [0.15, 0.2) is 24.8 Å². The van der Waals surface area contributed by atoms with Crippen LogP contribution in [-0.4, -0.2) is 124 Å². The quantitative estimate of drug-likeness (QED) is 0.0257. The highest BCUT2D eigenvalue weighted by atomic mass is 16.5. The average molecular weight is 759 g/mol. The first kappa shape index (κ1) is 52.0. The van der Waals surface area contributed by atoms with Gasteiger partial charge in [-0.25, -0.2) is 4.79 Å². The van der Waals surface area contributed by atoms with E-state index in [1.165, 1.54) is 6.92 Å². The van der Waals surface area contributed by atoms with Crippen molar-refractivity contribution in [1.82, 2.24) is 26.7 Å². The smallest absolute Gasteiger partial charge is 0.312 e. The van der Waals surface area contributed by atoms with Gasteiger partial charge in [0.1, 0.15) is 0 Å². The molecule has 0 heterocycles. The van der Waals surface area contributed by atoms with Gasteiger partial charge in [0.05, 0.1) is 63.8 Å². The van der Waals surface area contributed by atoms with Gasteiger partial charge >= 0.3 is 6.03 Å². The molecule has 0 saturated carbocycles. The lowest BCUT2D eigenvalue weighted by molar-refractivity contribution is -0.556. The standard InChI is InChI=1S/C36H69N7O8.C2H6/c1-27(2)26-32(46)38-16-11-9-10-12-19-43(8)40-18-21-50-23-25-51-24-22-49-20-15-31(45)36(6,7)42-33(28(3)4)34(47)41-30(29(5)44)14-13-17-39-35(37)48;1-2/h19,27-28,30,33,40,42H,9-18,20-26H2,1-8H3,(H4-,37,38,39,41,46,47,48);1-2H3/p+1/b43-19+;. The molecular weight excluding hydrogens is 682 g/mol. The second-order valence-electron chi connectivity index (χ2n) is 14.1. The van der Waals surface area contributed by atoms with Crippen molar-refractivity contribution in [2.24, 2.45) is 17.6 Å². The van der Waals surface area contributed by atoms with E-state index in [0.717, 1.165) is 32.2 Å². The molecular formula is C38H76N7O8+. The van der Waals surface area contributed by atoms with Crippen molar-refractivity contribution < 1.29 is 42.9 Å². The van der Waals surface area contributed by atoms with E-state index in [1.54, 1.807) is 13.8 Å². The number of hydrazine groups is 1. The van der Waals surface area contributed by atoms with Gasteiger partial charge in [-0.2, -0.15) is 5.43 Å². The van der Waals surface area contributed by atoms with Crippen LogP contribution in [0.5, 0.6) is 0 Å². The molecule has 310 valence electrons. The van der Waals surface area contributed by atoms with E-state index in [0.29, 0.717) is 71.3 Å². The number of unbranched alkanes of at least 4 members (excludes halogenated alkanes) is 3. The molecule has 0 aromatic carbocycles. The van der Waals surface area contributed by atoms with E-state index in [-0.39, 0.29) is 42.3 Å². The van der Waals surface area contributed by atoms with Crippen LogP contribution >= 0.6 is 0 Å². The molecule has 0 rings (SSSR count). The van der Waals surface area contributed by atoms with Crippen LogP contribution < -0.4 is 32.4 Å². The van der Waals surface area contributed by atoms with Gasteiger partial charge in [-0.15, -0.1) is 4.68 Å². The second kappa shape index (κ2) is 32.3. The van der Waals surface area contributed by atoms with Gasteiger partial charge in [0.2, 0.25) is 11.8 Å². The van der Waals surface area contributed by atoms with Crippen LogP contribution in [0, 0.1) is 11.8 Å². The van der Waals surface area contributed by atoms with Gasteiger partial charge in [-0.1, -0.05) is 48.0 Å². The third-order valence-corrected chi connectivity index (χ3v) is 7.96. The molecule has 0 aliphatic rings. The summed E-state index contributed by atoms with van der Waals surface area (Å²) in [6.45, 7) is 20.8. The SMILES string of the molecule is CC.CC(=O)C(CCCNC(N)=O)NC(=O)C(NC(C)(C)C(=O)CCOCCOCCOCCN/[N+](C)=C/CCCCCNC(=O)CC(C)C)C(C)C. The number of ketones is 2. The summed E-state index contributed by atoms with van der Waals surface area (Å²) in [5, 5.41) is 11.4. The molecule has 0 aliphatic carbocycles. The van der Waals surface area contributed by atoms with Crippen molar-refractivity contribution in [3.8, 4) is 0 Å². The third-order valence-electron chi connectivity index (χ3n) is 7.96. The number of nitrogens with two attached hydrogens (primary N) is 1. The average Bonchev–Trinajstić information content (AvgIpc) is 3.08. The number of hydrazone groups is 1. The lowest BCUT2D eigenvalue weighted by Gasteiger charge is -2.33. The topological polar surface area (TPSA) is 202 Å². The third kappa shape index (κ3) is 29.9. The van der Waals surface area contributed by atoms with Crippen molar-refractivity contribution in [1.29, 1.82) is 0 Å². The Bertz CT molecular complexity index is 1050. The van der Waals surface area contributed by atoms with Crippen molar-refractivity contribution >= 4 is 35.6 Å². The molecule has 0 radical (unpaired) electrons. The molecule has 0 fully saturated rings. The molecule has 0 spiro atoms. The minimum atomic E-state index is -1.00. The zero-order valence-corrected chi connectivity index (χ0v) is 34.7. The molecule has 0 aliphatic heterocycles. The van der Waals surface area contributed by atoms with Crippen LogP contribution in [0.2, 0.25) is 0 Å². The maximum absolute atomic E-state index is 13.1. The molecule has 7 N–H and O–H groups in total. The lowest BCUT2D eigenvalue weighted by atomic mass is 9.92. The van der Waals surface area contributed by atoms with E-state index < -0.39 is 23.7 Å². The zero-order chi connectivity index (χ0) is 40.7. The minimum absolute atomic E-state index is 0.105. The van der Waals surface area contributed by atoms with E-state index in [9.17, 15) is 24.0 Å². The molecule has 0 saturated heterocycles. The molecule has 0 bridgehead atoms. The summed E-state index contributed by atoms with van der Waals surface area (Å²) in [7, 11) is 1.97. The fourth-order valence-electron chi connectivity index (χ4n) is 4.94. The Hall–Kier alpha value is -3.14. The first-order chi connectivity index (χ1) is 25.1. The van der Waals surface area contributed by atoms with Crippen LogP contribution in [0.3, 0.4) is 0 Å². The number of carbonyl (C=O) groups excluding carboxylic acids is 5. The molecule has 0 aromatic heterocycles. The number of amides is 4. The van der Waals surface area contributed by atoms with Gasteiger partial charge in [0, 0.05) is 32.4 Å². The molecule has 4 amide bonds. The Labute approximate surface area is 320 Å². The Morgan fingerprint density at radius 1 is 0.792 bits per heavy atom. The Kier molecular flexibility index (Phi) is 31.7. The Balaban J connectivity index is 0. The molecule has 2 unspecified atom stereocenters. The van der Waals surface area contributed by atoms with Crippen molar-refractivity contribution in [3.63, 3.8) is 0 Å². The summed E-state index contributed by atoms with van der Waals surface area (Å²) in [4.78, 5) is 60.8. The van der Waals surface area contributed by atoms with E-state index in [2.05, 4.69) is 32.9 Å². The van der Waals surface area contributed by atoms with Crippen molar-refractivity contribution in [2.75, 3.05) is 66.3 Å². The maximum atomic E-state index is 13.1. The van der Waals surface area contributed by atoms with Gasteiger partial charge < -0.3 is 35.9 Å².